The molecule has 2 saturated heterocycles. The molecule has 2 aliphatic rings. The standard InChI is InChI=1S/C16H22NO3/c1-3-19-16(18)15-11-14-9-10-17(15,20-14)12(2)13-7-5-4-6-8-13/h4-8,12,14-15H,3,9-11H2,1-2H3/q+1/t12-,14?,15?,17?/m1/s1. The SMILES string of the molecule is CCOC(=O)C1CC2CC[N+]1([C@H](C)c1ccccc1)O2. The number of hydrogen-bond donors (Lipinski definition) is 0. The highest BCUT2D eigenvalue weighted by molar-refractivity contribution is 5.74. The molecule has 108 valence electrons. The fraction of sp³-hybridized carbons (Fsp3) is 0.562. The van der Waals surface area contributed by atoms with E-state index in [1.54, 1.807) is 0 Å². The lowest BCUT2D eigenvalue weighted by Crippen LogP contribution is -2.55. The van der Waals surface area contributed by atoms with E-state index in [9.17, 15) is 4.79 Å². The largest absolute Gasteiger partial charge is 0.462 e. The fourth-order valence-corrected chi connectivity index (χ4v) is 3.60. The van der Waals surface area contributed by atoms with Gasteiger partial charge in [-0.25, -0.2) is 4.79 Å². The van der Waals surface area contributed by atoms with E-state index in [0.29, 0.717) is 11.3 Å². The van der Waals surface area contributed by atoms with Gasteiger partial charge in [-0.05, 0) is 13.8 Å². The van der Waals surface area contributed by atoms with E-state index in [0.717, 1.165) is 19.4 Å². The van der Waals surface area contributed by atoms with Crippen LogP contribution < -0.4 is 0 Å². The van der Waals surface area contributed by atoms with Crippen molar-refractivity contribution in [1.29, 1.82) is 0 Å². The number of rotatable bonds is 4. The summed E-state index contributed by atoms with van der Waals surface area (Å²) in [6, 6.07) is 10.3. The Morgan fingerprint density at radius 3 is 2.85 bits per heavy atom. The lowest BCUT2D eigenvalue weighted by molar-refractivity contribution is -1.11. The molecule has 2 fully saturated rings. The van der Waals surface area contributed by atoms with Crippen LogP contribution in [0.1, 0.15) is 38.3 Å². The number of ether oxygens (including phenoxy) is 1. The van der Waals surface area contributed by atoms with Crippen LogP contribution in [0, 0.1) is 0 Å². The van der Waals surface area contributed by atoms with E-state index in [-0.39, 0.29) is 24.2 Å². The molecule has 0 spiro atoms. The monoisotopic (exact) mass is 276 g/mol. The molecule has 0 saturated carbocycles. The molecule has 1 aromatic carbocycles. The van der Waals surface area contributed by atoms with Crippen LogP contribution >= 0.6 is 0 Å². The van der Waals surface area contributed by atoms with Crippen LogP contribution in [0.3, 0.4) is 0 Å². The Kier molecular flexibility index (Phi) is 3.52. The Bertz CT molecular complexity index is 490. The minimum absolute atomic E-state index is 0.113. The van der Waals surface area contributed by atoms with Crippen LogP contribution in [0.4, 0.5) is 0 Å². The Balaban J connectivity index is 1.90. The summed E-state index contributed by atoms with van der Waals surface area (Å²) in [6.45, 7) is 5.32. The average molecular weight is 276 g/mol. The van der Waals surface area contributed by atoms with Crippen LogP contribution in [0.2, 0.25) is 0 Å². The third-order valence-electron chi connectivity index (χ3n) is 4.66. The van der Waals surface area contributed by atoms with Crippen LogP contribution in [0.5, 0.6) is 0 Å². The van der Waals surface area contributed by atoms with Crippen molar-refractivity contribution in [2.24, 2.45) is 0 Å². The summed E-state index contributed by atoms with van der Waals surface area (Å²) in [5.74, 6) is -0.113. The minimum Gasteiger partial charge on any atom is -0.462 e. The van der Waals surface area contributed by atoms with Gasteiger partial charge in [-0.15, -0.1) is 0 Å². The molecule has 0 N–H and O–H groups in total. The number of hydroxylamine groups is 3. The van der Waals surface area contributed by atoms with Crippen molar-refractivity contribution in [3.63, 3.8) is 0 Å². The molecule has 4 nitrogen and oxygen atoms in total. The maximum absolute atomic E-state index is 12.3. The molecule has 0 amide bonds. The van der Waals surface area contributed by atoms with Crippen molar-refractivity contribution in [2.45, 2.75) is 44.9 Å². The highest BCUT2D eigenvalue weighted by Crippen LogP contribution is 2.46. The van der Waals surface area contributed by atoms with Crippen molar-refractivity contribution in [3.8, 4) is 0 Å². The molecule has 20 heavy (non-hydrogen) atoms. The summed E-state index contributed by atoms with van der Waals surface area (Å²) in [6.07, 6.45) is 2.03. The van der Waals surface area contributed by atoms with Gasteiger partial charge in [0.25, 0.3) is 0 Å². The van der Waals surface area contributed by atoms with Crippen LogP contribution in [-0.4, -0.2) is 35.9 Å². The molecule has 2 aliphatic heterocycles. The van der Waals surface area contributed by atoms with Crippen molar-refractivity contribution in [3.05, 3.63) is 35.9 Å². The van der Waals surface area contributed by atoms with Gasteiger partial charge in [-0.2, -0.15) is 9.48 Å². The predicted octanol–water partition coefficient (Wildman–Crippen LogP) is 2.60. The Labute approximate surface area is 119 Å². The maximum Gasteiger partial charge on any atom is 0.368 e. The number of piperidine rings is 1. The van der Waals surface area contributed by atoms with Crippen molar-refractivity contribution in [2.75, 3.05) is 13.2 Å². The molecule has 3 unspecified atom stereocenters. The average Bonchev–Trinajstić information content (AvgIpc) is 3.07. The lowest BCUT2D eigenvalue weighted by atomic mass is 9.97. The zero-order chi connectivity index (χ0) is 14.2. The first-order chi connectivity index (χ1) is 9.67. The van der Waals surface area contributed by atoms with Crippen LogP contribution in [0.15, 0.2) is 30.3 Å². The summed E-state index contributed by atoms with van der Waals surface area (Å²) < 4.78 is 5.67. The normalized spacial score (nSPS) is 33.1. The van der Waals surface area contributed by atoms with Crippen LogP contribution in [0.25, 0.3) is 0 Å². The Morgan fingerprint density at radius 1 is 1.45 bits per heavy atom. The van der Waals surface area contributed by atoms with Gasteiger partial charge < -0.3 is 4.74 Å². The van der Waals surface area contributed by atoms with E-state index in [2.05, 4.69) is 19.1 Å². The summed E-state index contributed by atoms with van der Waals surface area (Å²) in [5, 5.41) is 0. The molecule has 4 atom stereocenters. The molecular weight excluding hydrogens is 254 g/mol. The quantitative estimate of drug-likeness (QED) is 0.626. The highest BCUT2D eigenvalue weighted by atomic mass is 16.7. The van der Waals surface area contributed by atoms with Crippen molar-refractivity contribution < 1.29 is 19.0 Å². The molecule has 0 aliphatic carbocycles. The van der Waals surface area contributed by atoms with Gasteiger partial charge in [0, 0.05) is 18.4 Å². The highest BCUT2D eigenvalue weighted by Gasteiger charge is 2.61. The third-order valence-corrected chi connectivity index (χ3v) is 4.66. The first kappa shape index (κ1) is 13.6. The maximum atomic E-state index is 12.3. The summed E-state index contributed by atoms with van der Waals surface area (Å²) in [7, 11) is 0. The van der Waals surface area contributed by atoms with Crippen molar-refractivity contribution >= 4 is 5.97 Å². The van der Waals surface area contributed by atoms with Gasteiger partial charge >= 0.3 is 5.97 Å². The fourth-order valence-electron chi connectivity index (χ4n) is 3.60. The van der Waals surface area contributed by atoms with Crippen LogP contribution in [-0.2, 0) is 14.4 Å². The predicted molar refractivity (Wildman–Crippen MR) is 74.5 cm³/mol. The Morgan fingerprint density at radius 2 is 2.20 bits per heavy atom. The molecule has 1 aromatic rings. The first-order valence-corrected chi connectivity index (χ1v) is 7.45. The summed E-state index contributed by atoms with van der Waals surface area (Å²) in [4.78, 5) is 18.5. The molecule has 0 radical (unpaired) electrons. The second kappa shape index (κ2) is 5.19. The van der Waals surface area contributed by atoms with Crippen molar-refractivity contribution in [1.82, 2.24) is 0 Å². The molecule has 2 bridgehead atoms. The number of nitrogens with zero attached hydrogens (tertiary/aromatic N) is 1. The lowest BCUT2D eigenvalue weighted by Gasteiger charge is -2.38. The number of carbonyl (C=O) groups excluding carboxylic acids is 1. The Hall–Kier alpha value is -1.39. The van der Waals surface area contributed by atoms with Gasteiger partial charge in [0.15, 0.2) is 0 Å². The van der Waals surface area contributed by atoms with E-state index >= 15 is 0 Å². The topological polar surface area (TPSA) is 35.5 Å². The number of fused-ring (bicyclic) bond motifs is 2. The molecular formula is C16H22NO3+. The third kappa shape index (κ3) is 2.03. The molecule has 0 aromatic heterocycles. The van der Waals surface area contributed by atoms with E-state index in [1.807, 2.05) is 25.1 Å². The number of benzene rings is 1. The van der Waals surface area contributed by atoms with E-state index < -0.39 is 0 Å². The van der Waals surface area contributed by atoms with E-state index in [4.69, 9.17) is 9.57 Å². The molecule has 2 heterocycles. The number of hydrogen-bond acceptors (Lipinski definition) is 3. The summed E-state index contributed by atoms with van der Waals surface area (Å²) >= 11 is 0. The number of esters is 1. The zero-order valence-electron chi connectivity index (χ0n) is 12.1. The number of quaternary nitrogens is 1. The van der Waals surface area contributed by atoms with Gasteiger partial charge in [0.1, 0.15) is 18.7 Å². The van der Waals surface area contributed by atoms with Gasteiger partial charge in [0.05, 0.1) is 6.61 Å². The van der Waals surface area contributed by atoms with Gasteiger partial charge in [-0.3, -0.25) is 0 Å². The smallest absolute Gasteiger partial charge is 0.368 e. The zero-order valence-corrected chi connectivity index (χ0v) is 12.1. The number of carbonyl (C=O) groups is 1. The second-order valence-corrected chi connectivity index (χ2v) is 5.68. The van der Waals surface area contributed by atoms with Gasteiger partial charge in [0.2, 0.25) is 6.04 Å². The first-order valence-electron chi connectivity index (χ1n) is 7.45. The molecule has 4 heteroatoms. The van der Waals surface area contributed by atoms with E-state index in [1.165, 1.54) is 5.56 Å². The summed E-state index contributed by atoms with van der Waals surface area (Å²) in [5.41, 5.74) is 1.21. The second-order valence-electron chi connectivity index (χ2n) is 5.68. The minimum atomic E-state index is -0.177. The molecule has 3 rings (SSSR count). The van der Waals surface area contributed by atoms with Gasteiger partial charge in [-0.1, -0.05) is 30.3 Å².